The number of rotatable bonds is 13. The quantitative estimate of drug-likeness (QED) is 0.292. The van der Waals surface area contributed by atoms with Crippen molar-refractivity contribution in [3.8, 4) is 5.75 Å². The molecule has 0 spiro atoms. The fourth-order valence-corrected chi connectivity index (χ4v) is 5.67. The number of pyridine rings is 1. The number of hydrogen-bond acceptors (Lipinski definition) is 4. The molecule has 3 aromatic rings. The smallest absolute Gasteiger partial charge is 0.395 e. The summed E-state index contributed by atoms with van der Waals surface area (Å²) in [6, 6.07) is 21.8. The Hall–Kier alpha value is -3.17. The van der Waals surface area contributed by atoms with E-state index in [9.17, 15) is 18.0 Å². The number of carbonyl (C=O) groups is 1. The Morgan fingerprint density at radius 1 is 1.05 bits per heavy atom. The predicted octanol–water partition coefficient (Wildman–Crippen LogP) is 5.47. The van der Waals surface area contributed by atoms with Gasteiger partial charge in [-0.05, 0) is 48.2 Å². The first-order chi connectivity index (χ1) is 18.3. The molecule has 9 heteroatoms. The van der Waals surface area contributed by atoms with E-state index in [4.69, 9.17) is 9.47 Å². The zero-order valence-electron chi connectivity index (χ0n) is 21.2. The maximum atomic E-state index is 13.9. The van der Waals surface area contributed by atoms with Gasteiger partial charge in [-0.15, -0.1) is 0 Å². The normalized spacial score (nSPS) is 15.9. The number of nitrogens with one attached hydrogen (secondary N) is 1. The number of alkyl halides is 3. The molecule has 1 unspecified atom stereocenters. The molecule has 1 fully saturated rings. The number of amides is 1. The van der Waals surface area contributed by atoms with Gasteiger partial charge in [-0.1, -0.05) is 54.1 Å². The highest BCUT2D eigenvalue weighted by atomic mass is 28.2. The Morgan fingerprint density at radius 3 is 2.39 bits per heavy atom. The average molecular weight is 541 g/mol. The van der Waals surface area contributed by atoms with Gasteiger partial charge >= 0.3 is 6.18 Å². The highest BCUT2D eigenvalue weighted by Gasteiger charge is 2.67. The van der Waals surface area contributed by atoms with Crippen LogP contribution in [-0.2, 0) is 22.2 Å². The predicted molar refractivity (Wildman–Crippen MR) is 140 cm³/mol. The van der Waals surface area contributed by atoms with E-state index < -0.39 is 23.4 Å². The van der Waals surface area contributed by atoms with Crippen LogP contribution in [0, 0.1) is 5.41 Å². The van der Waals surface area contributed by atoms with Crippen LogP contribution in [0.5, 0.6) is 5.75 Å². The molecular formula is C29H31F3N2O3Si. The summed E-state index contributed by atoms with van der Waals surface area (Å²) in [5.41, 5.74) is 0.565. The lowest BCUT2D eigenvalue weighted by molar-refractivity contribution is -0.194. The van der Waals surface area contributed by atoms with E-state index >= 15 is 0 Å². The third-order valence-electron chi connectivity index (χ3n) is 6.97. The minimum Gasteiger partial charge on any atom is -0.489 e. The molecule has 38 heavy (non-hydrogen) atoms. The molecule has 2 atom stereocenters. The number of aromatic nitrogens is 1. The van der Waals surface area contributed by atoms with Crippen LogP contribution in [0.15, 0.2) is 79.1 Å². The van der Waals surface area contributed by atoms with Crippen molar-refractivity contribution in [2.75, 3.05) is 13.7 Å². The van der Waals surface area contributed by atoms with Gasteiger partial charge in [-0.2, -0.15) is 13.2 Å². The molecule has 1 heterocycles. The van der Waals surface area contributed by atoms with Gasteiger partial charge in [0.25, 0.3) is 0 Å². The zero-order chi connectivity index (χ0) is 27.0. The molecule has 1 saturated carbocycles. The highest BCUT2D eigenvalue weighted by molar-refractivity contribution is 6.36. The van der Waals surface area contributed by atoms with Crippen LogP contribution in [0.2, 0.25) is 0 Å². The van der Waals surface area contributed by atoms with Crippen molar-refractivity contribution in [2.45, 2.75) is 49.7 Å². The second-order valence-electron chi connectivity index (χ2n) is 9.52. The van der Waals surface area contributed by atoms with Gasteiger partial charge in [-0.25, -0.2) is 0 Å². The van der Waals surface area contributed by atoms with Crippen LogP contribution in [0.1, 0.15) is 41.9 Å². The summed E-state index contributed by atoms with van der Waals surface area (Å²) in [6.45, 7) is 0.740. The summed E-state index contributed by atoms with van der Waals surface area (Å²) in [6.07, 6.45) is -1.60. The first-order valence-corrected chi connectivity index (χ1v) is 13.8. The van der Waals surface area contributed by atoms with Crippen molar-refractivity contribution in [1.29, 1.82) is 0 Å². The first kappa shape index (κ1) is 27.9. The number of halogens is 3. The molecule has 0 saturated heterocycles. The topological polar surface area (TPSA) is 60.5 Å². The average Bonchev–Trinajstić information content (AvgIpc) is 3.75. The minimum absolute atomic E-state index is 0.0293. The maximum absolute atomic E-state index is 13.9. The maximum Gasteiger partial charge on any atom is 0.395 e. The summed E-state index contributed by atoms with van der Waals surface area (Å²) in [5, 5.41) is 2.80. The molecule has 1 amide bonds. The molecular weight excluding hydrogens is 509 g/mol. The van der Waals surface area contributed by atoms with Gasteiger partial charge in [0.05, 0.1) is 20.7 Å². The molecule has 1 aliphatic rings. The molecule has 1 aliphatic carbocycles. The van der Waals surface area contributed by atoms with Crippen LogP contribution in [0.25, 0.3) is 0 Å². The molecule has 1 N–H and O–H groups in total. The summed E-state index contributed by atoms with van der Waals surface area (Å²) in [5.74, 6) is -0.588. The van der Waals surface area contributed by atoms with Gasteiger partial charge in [-0.3, -0.25) is 9.78 Å². The zero-order valence-corrected chi connectivity index (χ0v) is 22.2. The summed E-state index contributed by atoms with van der Waals surface area (Å²) in [7, 11) is 1.94. The van der Waals surface area contributed by atoms with Crippen molar-refractivity contribution in [3.05, 3.63) is 95.8 Å². The third kappa shape index (κ3) is 7.23. The Balaban J connectivity index is 1.26. The molecule has 4 rings (SSSR count). The highest BCUT2D eigenvalue weighted by Crippen LogP contribution is 2.66. The lowest BCUT2D eigenvalue weighted by Crippen LogP contribution is -2.39. The third-order valence-corrected chi connectivity index (χ3v) is 8.48. The standard InChI is InChI=1S/C29H31F3N2O3Si/c1-36-27(38-20-22-9-11-24(12-10-22)37-19-21-6-3-2-4-7-21)18-34-26(35)16-25(23-8-5-15-33-17-23)28(13-14-28)29(30,31)32/h2-12,15,17,25,27H,13-14,16,18-20H2,1H3,(H,34,35)/t25-,27?/m1/s1. The van der Waals surface area contributed by atoms with E-state index in [1.165, 1.54) is 12.4 Å². The van der Waals surface area contributed by atoms with Crippen LogP contribution < -0.4 is 10.1 Å². The molecule has 0 aliphatic heterocycles. The van der Waals surface area contributed by atoms with E-state index in [0.29, 0.717) is 21.7 Å². The summed E-state index contributed by atoms with van der Waals surface area (Å²) in [4.78, 5) is 16.7. The van der Waals surface area contributed by atoms with Crippen LogP contribution in [-0.4, -0.2) is 46.0 Å². The number of carbonyl (C=O) groups excluding carboxylic acids is 1. The molecule has 2 aromatic carbocycles. The Morgan fingerprint density at radius 2 is 1.79 bits per heavy atom. The number of ether oxygens (including phenoxy) is 2. The van der Waals surface area contributed by atoms with Crippen molar-refractivity contribution < 1.29 is 27.4 Å². The van der Waals surface area contributed by atoms with Gasteiger partial charge in [0.2, 0.25) is 5.91 Å². The number of nitrogens with zero attached hydrogens (tertiary/aromatic N) is 1. The molecule has 5 nitrogen and oxygen atoms in total. The van der Waals surface area contributed by atoms with Crippen LogP contribution in [0.3, 0.4) is 0 Å². The Kier molecular flexibility index (Phi) is 9.22. The van der Waals surface area contributed by atoms with E-state index in [0.717, 1.165) is 22.9 Å². The van der Waals surface area contributed by atoms with Crippen molar-refractivity contribution in [1.82, 2.24) is 10.3 Å². The number of hydrogen-bond donors (Lipinski definition) is 1. The van der Waals surface area contributed by atoms with Gasteiger partial charge < -0.3 is 14.8 Å². The van der Waals surface area contributed by atoms with Gasteiger partial charge in [0.1, 0.15) is 12.4 Å². The van der Waals surface area contributed by atoms with Crippen molar-refractivity contribution >= 4 is 15.4 Å². The van der Waals surface area contributed by atoms with Gasteiger partial charge in [0, 0.05) is 38.4 Å². The Bertz CT molecular complexity index is 1160. The largest absolute Gasteiger partial charge is 0.489 e. The van der Waals surface area contributed by atoms with Crippen LogP contribution in [0.4, 0.5) is 13.2 Å². The van der Waals surface area contributed by atoms with Crippen molar-refractivity contribution in [2.24, 2.45) is 5.41 Å². The van der Waals surface area contributed by atoms with Crippen LogP contribution >= 0.6 is 0 Å². The second kappa shape index (κ2) is 12.6. The van der Waals surface area contributed by atoms with E-state index in [1.807, 2.05) is 54.6 Å². The SMILES string of the molecule is COC(CNC(=O)C[C@H](c1cccnc1)C1(C(F)(F)F)CC1)[Si]Cc1ccc(OCc2ccccc2)cc1. The van der Waals surface area contributed by atoms with E-state index in [-0.39, 0.29) is 31.5 Å². The molecule has 200 valence electrons. The summed E-state index contributed by atoms with van der Waals surface area (Å²) < 4.78 is 53.0. The Labute approximate surface area is 223 Å². The van der Waals surface area contributed by atoms with E-state index in [2.05, 4.69) is 10.3 Å². The second-order valence-corrected chi connectivity index (χ2v) is 10.9. The summed E-state index contributed by atoms with van der Waals surface area (Å²) >= 11 is 0. The van der Waals surface area contributed by atoms with Crippen molar-refractivity contribution in [3.63, 3.8) is 0 Å². The molecule has 1 aromatic heterocycles. The molecule has 0 bridgehead atoms. The lowest BCUT2D eigenvalue weighted by Gasteiger charge is -2.29. The lowest BCUT2D eigenvalue weighted by atomic mass is 9.80. The fraction of sp³-hybridized carbons (Fsp3) is 0.379. The number of benzene rings is 2. The number of methoxy groups -OCH3 is 1. The van der Waals surface area contributed by atoms with E-state index in [1.54, 1.807) is 19.2 Å². The molecule has 2 radical (unpaired) electrons. The fourth-order valence-electron chi connectivity index (χ4n) is 4.56. The first-order valence-electron chi connectivity index (χ1n) is 12.6. The monoisotopic (exact) mass is 540 g/mol. The van der Waals surface area contributed by atoms with Gasteiger partial charge in [0.15, 0.2) is 0 Å². The minimum atomic E-state index is -4.37.